The smallest absolute Gasteiger partial charge is 0.419 e. The monoisotopic (exact) mass is 465 g/mol. The molecule has 0 aliphatic carbocycles. The molecule has 33 heavy (non-hydrogen) atoms. The lowest BCUT2D eigenvalue weighted by Gasteiger charge is -2.34. The van der Waals surface area contributed by atoms with Gasteiger partial charge in [0.2, 0.25) is 11.8 Å². The van der Waals surface area contributed by atoms with Gasteiger partial charge in [-0.1, -0.05) is 39.0 Å². The molecule has 1 unspecified atom stereocenters. The Bertz CT molecular complexity index is 935. The maximum atomic E-state index is 13.7. The van der Waals surface area contributed by atoms with Gasteiger partial charge in [-0.15, -0.1) is 10.2 Å². The molecule has 0 bridgehead atoms. The zero-order chi connectivity index (χ0) is 24.3. The molecule has 2 radical (unpaired) electrons. The Morgan fingerprint density at radius 2 is 1.79 bits per heavy atom. The van der Waals surface area contributed by atoms with Crippen LogP contribution in [0.3, 0.4) is 0 Å². The van der Waals surface area contributed by atoms with E-state index in [-0.39, 0.29) is 36.3 Å². The molecule has 0 amide bonds. The molecule has 2 heterocycles. The van der Waals surface area contributed by atoms with Crippen LogP contribution in [0.1, 0.15) is 77.7 Å². The van der Waals surface area contributed by atoms with Crippen LogP contribution in [0.2, 0.25) is 0 Å². The number of hydrogen-bond donors (Lipinski definition) is 0. The summed E-state index contributed by atoms with van der Waals surface area (Å²) in [4.78, 5) is 1.47. The second kappa shape index (κ2) is 10.1. The van der Waals surface area contributed by atoms with Crippen molar-refractivity contribution in [3.8, 4) is 17.2 Å². The fourth-order valence-corrected chi connectivity index (χ4v) is 3.85. The Morgan fingerprint density at radius 3 is 2.42 bits per heavy atom. The van der Waals surface area contributed by atoms with E-state index in [0.717, 1.165) is 31.7 Å². The van der Waals surface area contributed by atoms with Crippen molar-refractivity contribution in [3.05, 3.63) is 29.7 Å². The Labute approximate surface area is 194 Å². The molecule has 10 heteroatoms. The lowest BCUT2D eigenvalue weighted by atomic mass is 9.96. The van der Waals surface area contributed by atoms with Gasteiger partial charge in [-0.2, -0.15) is 13.2 Å². The quantitative estimate of drug-likeness (QED) is 0.324. The van der Waals surface area contributed by atoms with Gasteiger partial charge in [0.1, 0.15) is 17.0 Å². The summed E-state index contributed by atoms with van der Waals surface area (Å²) in [6.45, 7) is 7.96. The molecule has 180 valence electrons. The van der Waals surface area contributed by atoms with Gasteiger partial charge in [-0.05, 0) is 45.4 Å². The van der Waals surface area contributed by atoms with Crippen LogP contribution in [0, 0.1) is 0 Å². The van der Waals surface area contributed by atoms with Gasteiger partial charge in [0.15, 0.2) is 7.98 Å². The molecule has 1 atom stereocenters. The van der Waals surface area contributed by atoms with E-state index in [0.29, 0.717) is 6.42 Å². The van der Waals surface area contributed by atoms with Gasteiger partial charge in [-0.25, -0.2) is 0 Å². The van der Waals surface area contributed by atoms with Crippen LogP contribution in [0.15, 0.2) is 22.6 Å². The SMILES string of the molecule is [B]N1C(C)(C)OCC1(C)c1nnc(-c2ccc(OCCCCCCCC)c(C(F)(F)F)c2)o1. The summed E-state index contributed by atoms with van der Waals surface area (Å²) in [5, 5.41) is 8.00. The lowest BCUT2D eigenvalue weighted by Crippen LogP contribution is -2.47. The molecule has 1 aliphatic rings. The first kappa shape index (κ1) is 25.6. The predicted octanol–water partition coefficient (Wildman–Crippen LogP) is 5.86. The first-order chi connectivity index (χ1) is 15.5. The maximum Gasteiger partial charge on any atom is 0.419 e. The average Bonchev–Trinajstić information content (AvgIpc) is 3.33. The second-order valence-corrected chi connectivity index (χ2v) is 9.12. The third-order valence-corrected chi connectivity index (χ3v) is 5.99. The van der Waals surface area contributed by atoms with Crippen molar-refractivity contribution in [1.29, 1.82) is 0 Å². The molecular weight excluding hydrogens is 434 g/mol. The van der Waals surface area contributed by atoms with E-state index in [2.05, 4.69) is 17.1 Å². The zero-order valence-electron chi connectivity index (χ0n) is 19.7. The summed E-state index contributed by atoms with van der Waals surface area (Å²) in [5.41, 5.74) is -2.37. The molecular formula is C23H31BF3N3O3. The molecule has 1 saturated heterocycles. The van der Waals surface area contributed by atoms with E-state index in [4.69, 9.17) is 21.9 Å². The Morgan fingerprint density at radius 1 is 1.09 bits per heavy atom. The number of benzene rings is 1. The van der Waals surface area contributed by atoms with E-state index < -0.39 is 23.0 Å². The van der Waals surface area contributed by atoms with Gasteiger partial charge in [0.05, 0.1) is 18.8 Å². The fraction of sp³-hybridized carbons (Fsp3) is 0.652. The minimum atomic E-state index is -4.58. The van der Waals surface area contributed by atoms with E-state index in [1.54, 1.807) is 20.8 Å². The largest absolute Gasteiger partial charge is 0.493 e. The standard InChI is InChI=1S/C23H31BF3N3O3/c1-5-6-7-8-9-10-13-31-18-12-11-16(14-17(18)23(25,26)27)19-28-29-20(33-19)22(4)15-32-21(2,3)30(22)24/h11-12,14H,5-10,13,15H2,1-4H3. The predicted molar refractivity (Wildman–Crippen MR) is 119 cm³/mol. The van der Waals surface area contributed by atoms with Crippen LogP contribution < -0.4 is 4.74 Å². The highest BCUT2D eigenvalue weighted by Gasteiger charge is 2.50. The molecule has 1 fully saturated rings. The number of alkyl halides is 3. The summed E-state index contributed by atoms with van der Waals surface area (Å²) in [5.74, 6) is -0.0644. The van der Waals surface area contributed by atoms with E-state index >= 15 is 0 Å². The summed E-state index contributed by atoms with van der Waals surface area (Å²) < 4.78 is 58.1. The molecule has 0 spiro atoms. The van der Waals surface area contributed by atoms with Crippen molar-refractivity contribution < 1.29 is 27.1 Å². The maximum absolute atomic E-state index is 13.7. The summed E-state index contributed by atoms with van der Waals surface area (Å²) in [6, 6.07) is 3.77. The molecule has 1 aromatic carbocycles. The van der Waals surface area contributed by atoms with Gasteiger partial charge in [-0.3, -0.25) is 0 Å². The van der Waals surface area contributed by atoms with Crippen molar-refractivity contribution in [1.82, 2.24) is 15.0 Å². The minimum absolute atomic E-state index is 0.0303. The van der Waals surface area contributed by atoms with Crippen molar-refractivity contribution in [2.24, 2.45) is 0 Å². The Hall–Kier alpha value is -2.07. The minimum Gasteiger partial charge on any atom is -0.493 e. The van der Waals surface area contributed by atoms with Gasteiger partial charge < -0.3 is 18.7 Å². The van der Waals surface area contributed by atoms with Crippen LogP contribution in [0.4, 0.5) is 13.2 Å². The fourth-order valence-electron chi connectivity index (χ4n) is 3.85. The van der Waals surface area contributed by atoms with Crippen LogP contribution in [-0.4, -0.2) is 41.9 Å². The summed E-state index contributed by atoms with van der Waals surface area (Å²) in [6.07, 6.45) is 1.57. The first-order valence-electron chi connectivity index (χ1n) is 11.4. The highest BCUT2D eigenvalue weighted by Crippen LogP contribution is 2.41. The Balaban J connectivity index is 1.75. The molecule has 6 nitrogen and oxygen atoms in total. The van der Waals surface area contributed by atoms with Gasteiger partial charge in [0.25, 0.3) is 0 Å². The second-order valence-electron chi connectivity index (χ2n) is 9.12. The zero-order valence-corrected chi connectivity index (χ0v) is 19.7. The van der Waals surface area contributed by atoms with E-state index in [1.807, 2.05) is 0 Å². The van der Waals surface area contributed by atoms with Crippen LogP contribution in [-0.2, 0) is 16.5 Å². The van der Waals surface area contributed by atoms with Crippen molar-refractivity contribution in [3.63, 3.8) is 0 Å². The molecule has 2 aromatic rings. The van der Waals surface area contributed by atoms with Gasteiger partial charge >= 0.3 is 6.18 Å². The topological polar surface area (TPSA) is 60.6 Å². The number of halogens is 3. The van der Waals surface area contributed by atoms with Crippen LogP contribution in [0.25, 0.3) is 11.5 Å². The molecule has 3 rings (SSSR count). The number of unbranched alkanes of at least 4 members (excludes halogenated alkanes) is 5. The molecule has 1 aliphatic heterocycles. The van der Waals surface area contributed by atoms with Gasteiger partial charge in [0, 0.05) is 5.56 Å². The summed E-state index contributed by atoms with van der Waals surface area (Å²) >= 11 is 0. The lowest BCUT2D eigenvalue weighted by molar-refractivity contribution is -0.138. The third kappa shape index (κ3) is 5.71. The average molecular weight is 465 g/mol. The highest BCUT2D eigenvalue weighted by atomic mass is 19.4. The van der Waals surface area contributed by atoms with E-state index in [1.165, 1.54) is 23.4 Å². The number of nitrogens with zero attached hydrogens (tertiary/aromatic N) is 3. The summed E-state index contributed by atoms with van der Waals surface area (Å²) in [7, 11) is 6.18. The van der Waals surface area contributed by atoms with Crippen molar-refractivity contribution in [2.75, 3.05) is 13.2 Å². The molecule has 0 N–H and O–H groups in total. The number of ether oxygens (including phenoxy) is 2. The number of hydrogen-bond acceptors (Lipinski definition) is 6. The third-order valence-electron chi connectivity index (χ3n) is 5.99. The molecule has 0 saturated carbocycles. The van der Waals surface area contributed by atoms with Crippen LogP contribution >= 0.6 is 0 Å². The number of aromatic nitrogens is 2. The Kier molecular flexibility index (Phi) is 7.78. The van der Waals surface area contributed by atoms with Crippen molar-refractivity contribution >= 4 is 7.98 Å². The van der Waals surface area contributed by atoms with Crippen molar-refractivity contribution in [2.45, 2.75) is 83.7 Å². The van der Waals surface area contributed by atoms with E-state index in [9.17, 15) is 13.2 Å². The molecule has 1 aromatic heterocycles. The highest BCUT2D eigenvalue weighted by molar-refractivity contribution is 6.05. The first-order valence-corrected chi connectivity index (χ1v) is 11.4. The van der Waals surface area contributed by atoms with Crippen LogP contribution in [0.5, 0.6) is 5.75 Å². The normalized spacial score (nSPS) is 20.9. The number of rotatable bonds is 10.